The molecule has 0 aliphatic rings. The number of benzene rings is 2. The van der Waals surface area contributed by atoms with Crippen LogP contribution in [-0.4, -0.2) is 17.6 Å². The predicted octanol–water partition coefficient (Wildman–Crippen LogP) is 3.06. The second kappa shape index (κ2) is 5.64. The van der Waals surface area contributed by atoms with Gasteiger partial charge >= 0.3 is 5.97 Å². The summed E-state index contributed by atoms with van der Waals surface area (Å²) in [4.78, 5) is 24.5. The number of carbonyl (C=O) groups excluding carboxylic acids is 1. The van der Waals surface area contributed by atoms with Gasteiger partial charge in [0.2, 0.25) is 0 Å². The molecule has 2 aromatic carbocycles. The van der Waals surface area contributed by atoms with Gasteiger partial charge in [0.25, 0.3) is 5.56 Å². The first-order valence-electron chi connectivity index (χ1n) is 6.71. The summed E-state index contributed by atoms with van der Waals surface area (Å²) < 4.78 is 32.8. The lowest BCUT2D eigenvalue weighted by Gasteiger charge is -2.12. The number of fused-ring (bicyclic) bond motifs is 1. The maximum Gasteiger partial charge on any atom is 0.340 e. The third kappa shape index (κ3) is 2.48. The number of nitrogens with zero attached hydrogens (tertiary/aromatic N) is 1. The molecule has 116 valence electrons. The van der Waals surface area contributed by atoms with Gasteiger partial charge in [-0.05, 0) is 18.2 Å². The molecule has 0 radical (unpaired) electrons. The van der Waals surface area contributed by atoms with E-state index in [1.165, 1.54) is 19.4 Å². The van der Waals surface area contributed by atoms with E-state index in [1.54, 1.807) is 18.2 Å². The maximum absolute atomic E-state index is 14.0. The molecule has 1 aromatic heterocycles. The maximum atomic E-state index is 14.0. The first-order valence-corrected chi connectivity index (χ1v) is 6.71. The summed E-state index contributed by atoms with van der Waals surface area (Å²) in [7, 11) is 1.21. The molecule has 1 heterocycles. The van der Waals surface area contributed by atoms with Gasteiger partial charge in [-0.25, -0.2) is 13.6 Å². The molecule has 3 aromatic rings. The quantitative estimate of drug-likeness (QED) is 0.683. The molecule has 0 bridgehead atoms. The van der Waals surface area contributed by atoms with Crippen molar-refractivity contribution in [2.45, 2.75) is 0 Å². The van der Waals surface area contributed by atoms with E-state index in [-0.39, 0.29) is 16.6 Å². The molecule has 3 rings (SSSR count). The molecule has 4 nitrogen and oxygen atoms in total. The highest BCUT2D eigenvalue weighted by atomic mass is 19.1. The molecule has 0 aliphatic heterocycles. The molecular formula is C17H11F2NO3. The van der Waals surface area contributed by atoms with Crippen LogP contribution < -0.4 is 5.56 Å². The van der Waals surface area contributed by atoms with Crippen LogP contribution in [0.4, 0.5) is 8.78 Å². The van der Waals surface area contributed by atoms with Gasteiger partial charge in [-0.2, -0.15) is 0 Å². The van der Waals surface area contributed by atoms with Crippen molar-refractivity contribution in [3.63, 3.8) is 0 Å². The van der Waals surface area contributed by atoms with Gasteiger partial charge in [0.15, 0.2) is 0 Å². The minimum absolute atomic E-state index is 0.117. The van der Waals surface area contributed by atoms with E-state index in [9.17, 15) is 18.4 Å². The summed E-state index contributed by atoms with van der Waals surface area (Å²) in [5, 5.41) is 0.641. The zero-order valence-corrected chi connectivity index (χ0v) is 12.0. The second-order valence-corrected chi connectivity index (χ2v) is 4.85. The molecule has 23 heavy (non-hydrogen) atoms. The first-order chi connectivity index (χ1) is 11.0. The van der Waals surface area contributed by atoms with Gasteiger partial charge in [0, 0.05) is 23.0 Å². The zero-order chi connectivity index (χ0) is 16.6. The molecule has 0 saturated heterocycles. The SMILES string of the molecule is COC(=O)c1cn(-c2ccc(F)cc2F)c(=O)c2ccccc12. The van der Waals surface area contributed by atoms with Crippen molar-refractivity contribution in [1.29, 1.82) is 0 Å². The van der Waals surface area contributed by atoms with Crippen LogP contribution >= 0.6 is 0 Å². The van der Waals surface area contributed by atoms with Crippen LogP contribution in [0.2, 0.25) is 0 Å². The molecule has 0 saturated carbocycles. The molecule has 0 N–H and O–H groups in total. The Hall–Kier alpha value is -3.02. The van der Waals surface area contributed by atoms with Crippen LogP contribution in [0.25, 0.3) is 16.5 Å². The Balaban J connectivity index is 2.40. The third-order valence-electron chi connectivity index (χ3n) is 3.50. The van der Waals surface area contributed by atoms with Crippen molar-refractivity contribution in [1.82, 2.24) is 4.57 Å². The summed E-state index contributed by atoms with van der Waals surface area (Å²) in [5.41, 5.74) is -0.544. The van der Waals surface area contributed by atoms with Crippen molar-refractivity contribution >= 4 is 16.7 Å². The molecule has 0 atom stereocenters. The lowest BCUT2D eigenvalue weighted by atomic mass is 10.1. The number of hydrogen-bond donors (Lipinski definition) is 0. The average Bonchev–Trinajstić information content (AvgIpc) is 2.55. The van der Waals surface area contributed by atoms with Crippen LogP contribution in [0.15, 0.2) is 53.5 Å². The van der Waals surface area contributed by atoms with Crippen molar-refractivity contribution in [3.05, 3.63) is 76.2 Å². The summed E-state index contributed by atoms with van der Waals surface area (Å²) in [6, 6.07) is 9.30. The second-order valence-electron chi connectivity index (χ2n) is 4.85. The minimum atomic E-state index is -0.904. The zero-order valence-electron chi connectivity index (χ0n) is 12.0. The van der Waals surface area contributed by atoms with E-state index in [2.05, 4.69) is 0 Å². The van der Waals surface area contributed by atoms with Crippen LogP contribution in [0.3, 0.4) is 0 Å². The highest BCUT2D eigenvalue weighted by Gasteiger charge is 2.17. The van der Waals surface area contributed by atoms with Gasteiger partial charge in [0.05, 0.1) is 18.4 Å². The third-order valence-corrected chi connectivity index (χ3v) is 3.50. The fourth-order valence-corrected chi connectivity index (χ4v) is 2.42. The van der Waals surface area contributed by atoms with Crippen molar-refractivity contribution in [2.75, 3.05) is 7.11 Å². The number of carbonyl (C=O) groups is 1. The Morgan fingerprint density at radius 2 is 1.78 bits per heavy atom. The number of pyridine rings is 1. The molecule has 0 unspecified atom stereocenters. The lowest BCUT2D eigenvalue weighted by Crippen LogP contribution is -2.21. The van der Waals surface area contributed by atoms with Gasteiger partial charge in [-0.1, -0.05) is 18.2 Å². The van der Waals surface area contributed by atoms with E-state index in [0.717, 1.165) is 16.7 Å². The summed E-state index contributed by atoms with van der Waals surface area (Å²) in [6.45, 7) is 0. The van der Waals surface area contributed by atoms with Crippen LogP contribution in [0, 0.1) is 11.6 Å². The standard InChI is InChI=1S/C17H11F2NO3/c1-23-17(22)13-9-20(15-7-6-10(18)8-14(15)19)16(21)12-5-3-2-4-11(12)13/h2-9H,1H3. The Kier molecular flexibility index (Phi) is 3.65. The average molecular weight is 315 g/mol. The number of methoxy groups -OCH3 is 1. The Morgan fingerprint density at radius 3 is 2.43 bits per heavy atom. The first kappa shape index (κ1) is 14.9. The van der Waals surface area contributed by atoms with Crippen molar-refractivity contribution in [2.24, 2.45) is 0 Å². The number of hydrogen-bond acceptors (Lipinski definition) is 3. The van der Waals surface area contributed by atoms with Gasteiger partial charge in [0.1, 0.15) is 11.6 Å². The van der Waals surface area contributed by atoms with Crippen LogP contribution in [-0.2, 0) is 4.74 Å². The summed E-state index contributed by atoms with van der Waals surface area (Å²) >= 11 is 0. The van der Waals surface area contributed by atoms with Gasteiger partial charge in [-0.3, -0.25) is 9.36 Å². The highest BCUT2D eigenvalue weighted by molar-refractivity contribution is 6.04. The molecule has 0 spiro atoms. The van der Waals surface area contributed by atoms with Crippen molar-refractivity contribution < 1.29 is 18.3 Å². The number of halogens is 2. The van der Waals surface area contributed by atoms with E-state index >= 15 is 0 Å². The fraction of sp³-hybridized carbons (Fsp3) is 0.0588. The minimum Gasteiger partial charge on any atom is -0.465 e. The van der Waals surface area contributed by atoms with Crippen molar-refractivity contribution in [3.8, 4) is 5.69 Å². The molecule has 0 amide bonds. The Bertz CT molecular complexity index is 979. The fourth-order valence-electron chi connectivity index (χ4n) is 2.42. The Labute approximate surface area is 129 Å². The van der Waals surface area contributed by atoms with Crippen LogP contribution in [0.5, 0.6) is 0 Å². The Morgan fingerprint density at radius 1 is 1.09 bits per heavy atom. The summed E-state index contributed by atoms with van der Waals surface area (Å²) in [5.74, 6) is -2.32. The number of rotatable bonds is 2. The van der Waals surface area contributed by atoms with E-state index in [4.69, 9.17) is 4.74 Å². The molecule has 0 aliphatic carbocycles. The summed E-state index contributed by atoms with van der Waals surface area (Å²) in [6.07, 6.45) is 1.20. The molecule has 6 heteroatoms. The number of ether oxygens (including phenoxy) is 1. The van der Waals surface area contributed by atoms with Gasteiger partial charge in [-0.15, -0.1) is 0 Å². The predicted molar refractivity (Wildman–Crippen MR) is 80.8 cm³/mol. The molecular weight excluding hydrogens is 304 g/mol. The number of aromatic nitrogens is 1. The largest absolute Gasteiger partial charge is 0.465 e. The topological polar surface area (TPSA) is 48.3 Å². The van der Waals surface area contributed by atoms with E-state index < -0.39 is 23.2 Å². The lowest BCUT2D eigenvalue weighted by molar-refractivity contribution is 0.0602. The van der Waals surface area contributed by atoms with E-state index in [1.807, 2.05) is 0 Å². The highest BCUT2D eigenvalue weighted by Crippen LogP contribution is 2.20. The molecule has 0 fully saturated rings. The smallest absolute Gasteiger partial charge is 0.340 e. The van der Waals surface area contributed by atoms with E-state index in [0.29, 0.717) is 11.5 Å². The normalized spacial score (nSPS) is 10.7. The number of esters is 1. The van der Waals surface area contributed by atoms with Gasteiger partial charge < -0.3 is 4.74 Å². The van der Waals surface area contributed by atoms with Crippen LogP contribution in [0.1, 0.15) is 10.4 Å². The monoisotopic (exact) mass is 315 g/mol.